The Labute approximate surface area is 119 Å². The van der Waals surface area contributed by atoms with Crippen molar-refractivity contribution < 1.29 is 9.59 Å². The first kappa shape index (κ1) is 14.3. The fraction of sp³-hybridized carbons (Fsp3) is 0.375. The predicted octanol–water partition coefficient (Wildman–Crippen LogP) is 3.11. The third-order valence-corrected chi connectivity index (χ3v) is 3.38. The topological polar surface area (TPSA) is 49.4 Å². The van der Waals surface area contributed by atoms with Crippen LogP contribution in [-0.2, 0) is 9.59 Å². The first-order valence-electron chi connectivity index (χ1n) is 7.01. The van der Waals surface area contributed by atoms with Gasteiger partial charge in [-0.05, 0) is 31.9 Å². The van der Waals surface area contributed by atoms with Gasteiger partial charge in [0.15, 0.2) is 0 Å². The molecule has 2 rings (SSSR count). The van der Waals surface area contributed by atoms with Gasteiger partial charge in [-0.2, -0.15) is 0 Å². The average molecular weight is 272 g/mol. The molecule has 1 aliphatic rings. The molecule has 20 heavy (non-hydrogen) atoms. The van der Waals surface area contributed by atoms with Crippen LogP contribution in [0.5, 0.6) is 0 Å². The number of anilines is 2. The number of para-hydroxylation sites is 2. The molecule has 1 saturated heterocycles. The second kappa shape index (κ2) is 6.37. The van der Waals surface area contributed by atoms with E-state index in [1.54, 1.807) is 11.8 Å². The lowest BCUT2D eigenvalue weighted by Crippen LogP contribution is -2.25. The highest BCUT2D eigenvalue weighted by Crippen LogP contribution is 2.29. The number of carbonyl (C=O) groups is 2. The summed E-state index contributed by atoms with van der Waals surface area (Å²) in [5.41, 5.74) is 2.17. The SMILES string of the molecule is CCC=C(C)C(=O)Nc1ccccc1N1CCCC1=O. The van der Waals surface area contributed by atoms with Crippen molar-refractivity contribution in [2.24, 2.45) is 0 Å². The maximum absolute atomic E-state index is 12.1. The lowest BCUT2D eigenvalue weighted by molar-refractivity contribution is -0.117. The van der Waals surface area contributed by atoms with E-state index >= 15 is 0 Å². The second-order valence-corrected chi connectivity index (χ2v) is 4.92. The zero-order valence-electron chi connectivity index (χ0n) is 12.0. The first-order chi connectivity index (χ1) is 9.63. The van der Waals surface area contributed by atoms with E-state index in [4.69, 9.17) is 0 Å². The molecule has 106 valence electrons. The van der Waals surface area contributed by atoms with Gasteiger partial charge in [0.1, 0.15) is 0 Å². The summed E-state index contributed by atoms with van der Waals surface area (Å²) in [6.07, 6.45) is 4.16. The Morgan fingerprint density at radius 2 is 2.15 bits per heavy atom. The molecule has 0 radical (unpaired) electrons. The van der Waals surface area contributed by atoms with Crippen LogP contribution in [0.1, 0.15) is 33.1 Å². The molecule has 0 saturated carbocycles. The van der Waals surface area contributed by atoms with E-state index in [9.17, 15) is 9.59 Å². The number of amides is 2. The highest BCUT2D eigenvalue weighted by Gasteiger charge is 2.24. The molecule has 1 aromatic carbocycles. The molecule has 1 aromatic rings. The second-order valence-electron chi connectivity index (χ2n) is 4.92. The van der Waals surface area contributed by atoms with Crippen molar-refractivity contribution in [2.45, 2.75) is 33.1 Å². The highest BCUT2D eigenvalue weighted by molar-refractivity contribution is 6.07. The number of nitrogens with one attached hydrogen (secondary N) is 1. The van der Waals surface area contributed by atoms with Crippen LogP contribution < -0.4 is 10.2 Å². The zero-order chi connectivity index (χ0) is 14.5. The molecule has 0 unspecified atom stereocenters. The van der Waals surface area contributed by atoms with Crippen LogP contribution in [0.15, 0.2) is 35.9 Å². The van der Waals surface area contributed by atoms with Crippen molar-refractivity contribution in [2.75, 3.05) is 16.8 Å². The largest absolute Gasteiger partial charge is 0.320 e. The van der Waals surface area contributed by atoms with Crippen LogP contribution in [0.25, 0.3) is 0 Å². The summed E-state index contributed by atoms with van der Waals surface area (Å²) in [4.78, 5) is 25.7. The molecule has 0 atom stereocenters. The minimum absolute atomic E-state index is 0.118. The van der Waals surface area contributed by atoms with Crippen molar-refractivity contribution in [3.05, 3.63) is 35.9 Å². The molecule has 0 aromatic heterocycles. The molecular formula is C16H20N2O2. The van der Waals surface area contributed by atoms with Gasteiger partial charge in [-0.3, -0.25) is 9.59 Å². The molecule has 1 aliphatic heterocycles. The third kappa shape index (κ3) is 3.07. The summed E-state index contributed by atoms with van der Waals surface area (Å²) in [5, 5.41) is 2.89. The van der Waals surface area contributed by atoms with Crippen LogP contribution in [0.3, 0.4) is 0 Å². The highest BCUT2D eigenvalue weighted by atomic mass is 16.2. The predicted molar refractivity (Wildman–Crippen MR) is 80.7 cm³/mol. The Hall–Kier alpha value is -2.10. The molecule has 2 amide bonds. The lowest BCUT2D eigenvalue weighted by Gasteiger charge is -2.20. The monoisotopic (exact) mass is 272 g/mol. The third-order valence-electron chi connectivity index (χ3n) is 3.38. The molecular weight excluding hydrogens is 252 g/mol. The van der Waals surface area contributed by atoms with Gasteiger partial charge in [0.2, 0.25) is 5.91 Å². The summed E-state index contributed by atoms with van der Waals surface area (Å²) in [7, 11) is 0. The van der Waals surface area contributed by atoms with Gasteiger partial charge in [-0.1, -0.05) is 25.1 Å². The van der Waals surface area contributed by atoms with Crippen molar-refractivity contribution in [1.82, 2.24) is 0 Å². The fourth-order valence-electron chi connectivity index (χ4n) is 2.34. The maximum Gasteiger partial charge on any atom is 0.251 e. The minimum Gasteiger partial charge on any atom is -0.320 e. The van der Waals surface area contributed by atoms with Crippen molar-refractivity contribution >= 4 is 23.2 Å². The fourth-order valence-corrected chi connectivity index (χ4v) is 2.34. The summed E-state index contributed by atoms with van der Waals surface area (Å²) in [5.74, 6) is -0.00142. The molecule has 1 N–H and O–H groups in total. The van der Waals surface area contributed by atoms with E-state index in [-0.39, 0.29) is 11.8 Å². The van der Waals surface area contributed by atoms with E-state index < -0.39 is 0 Å². The smallest absolute Gasteiger partial charge is 0.251 e. The number of carbonyl (C=O) groups excluding carboxylic acids is 2. The zero-order valence-corrected chi connectivity index (χ0v) is 12.0. The molecule has 0 aliphatic carbocycles. The van der Waals surface area contributed by atoms with Crippen molar-refractivity contribution in [1.29, 1.82) is 0 Å². The van der Waals surface area contributed by atoms with Gasteiger partial charge in [0.05, 0.1) is 11.4 Å². The quantitative estimate of drug-likeness (QED) is 0.856. The van der Waals surface area contributed by atoms with Crippen LogP contribution in [0.2, 0.25) is 0 Å². The van der Waals surface area contributed by atoms with E-state index in [2.05, 4.69) is 5.32 Å². The Morgan fingerprint density at radius 3 is 2.80 bits per heavy atom. The molecule has 1 heterocycles. The molecule has 0 spiro atoms. The normalized spacial score (nSPS) is 15.6. The minimum atomic E-state index is -0.119. The number of benzene rings is 1. The van der Waals surface area contributed by atoms with Gasteiger partial charge in [-0.25, -0.2) is 0 Å². The summed E-state index contributed by atoms with van der Waals surface area (Å²) < 4.78 is 0. The maximum atomic E-state index is 12.1. The lowest BCUT2D eigenvalue weighted by atomic mass is 10.2. The number of nitrogens with zero attached hydrogens (tertiary/aromatic N) is 1. The van der Waals surface area contributed by atoms with Gasteiger partial charge in [0.25, 0.3) is 5.91 Å². The Balaban J connectivity index is 2.22. The van der Waals surface area contributed by atoms with Crippen molar-refractivity contribution in [3.63, 3.8) is 0 Å². The van der Waals surface area contributed by atoms with Crippen LogP contribution >= 0.6 is 0 Å². The van der Waals surface area contributed by atoms with Gasteiger partial charge < -0.3 is 10.2 Å². The standard InChI is InChI=1S/C16H20N2O2/c1-3-7-12(2)16(20)17-13-8-4-5-9-14(13)18-11-6-10-15(18)19/h4-5,7-9H,3,6,10-11H2,1-2H3,(H,17,20). The van der Waals surface area contributed by atoms with Crippen LogP contribution in [-0.4, -0.2) is 18.4 Å². The van der Waals surface area contributed by atoms with Crippen LogP contribution in [0, 0.1) is 0 Å². The first-order valence-corrected chi connectivity index (χ1v) is 7.01. The Kier molecular flexibility index (Phi) is 4.56. The van der Waals surface area contributed by atoms with E-state index in [0.29, 0.717) is 17.7 Å². The van der Waals surface area contributed by atoms with E-state index in [0.717, 1.165) is 25.1 Å². The summed E-state index contributed by atoms with van der Waals surface area (Å²) in [6.45, 7) is 4.51. The Bertz CT molecular complexity index is 549. The van der Waals surface area contributed by atoms with Crippen LogP contribution in [0.4, 0.5) is 11.4 Å². The molecule has 4 nitrogen and oxygen atoms in total. The van der Waals surface area contributed by atoms with Crippen molar-refractivity contribution in [3.8, 4) is 0 Å². The van der Waals surface area contributed by atoms with Gasteiger partial charge in [0, 0.05) is 18.5 Å². The Morgan fingerprint density at radius 1 is 1.40 bits per heavy atom. The molecule has 1 fully saturated rings. The number of hydrogen-bond donors (Lipinski definition) is 1. The van der Waals surface area contributed by atoms with E-state index in [1.807, 2.05) is 37.3 Å². The number of hydrogen-bond acceptors (Lipinski definition) is 2. The molecule has 4 heteroatoms. The van der Waals surface area contributed by atoms with E-state index in [1.165, 1.54) is 0 Å². The van der Waals surface area contributed by atoms with Gasteiger partial charge >= 0.3 is 0 Å². The van der Waals surface area contributed by atoms with Gasteiger partial charge in [-0.15, -0.1) is 0 Å². The number of allylic oxidation sites excluding steroid dienone is 1. The molecule has 0 bridgehead atoms. The summed E-state index contributed by atoms with van der Waals surface area (Å²) in [6, 6.07) is 7.44. The summed E-state index contributed by atoms with van der Waals surface area (Å²) >= 11 is 0. The number of rotatable bonds is 4. The average Bonchev–Trinajstić information content (AvgIpc) is 2.86.